The van der Waals surface area contributed by atoms with E-state index >= 15 is 0 Å². The summed E-state index contributed by atoms with van der Waals surface area (Å²) in [6.07, 6.45) is 3.78. The van der Waals surface area contributed by atoms with Gasteiger partial charge in [-0.25, -0.2) is 9.97 Å². The first-order chi connectivity index (χ1) is 14.6. The van der Waals surface area contributed by atoms with Crippen molar-refractivity contribution >= 4 is 34.0 Å². The average molecular weight is 402 g/mol. The van der Waals surface area contributed by atoms with E-state index in [0.717, 1.165) is 47.7 Å². The lowest BCUT2D eigenvalue weighted by atomic mass is 10.1. The van der Waals surface area contributed by atoms with Crippen molar-refractivity contribution in [2.24, 2.45) is 0 Å². The summed E-state index contributed by atoms with van der Waals surface area (Å²) in [6, 6.07) is 13.1. The van der Waals surface area contributed by atoms with E-state index in [9.17, 15) is 0 Å². The molecule has 4 aromatic rings. The predicted octanol–water partition coefficient (Wildman–Crippen LogP) is 3.94. The van der Waals surface area contributed by atoms with Gasteiger partial charge in [0.2, 0.25) is 5.95 Å². The van der Waals surface area contributed by atoms with E-state index in [4.69, 9.17) is 4.98 Å². The Morgan fingerprint density at radius 3 is 2.70 bits per heavy atom. The van der Waals surface area contributed by atoms with Crippen LogP contribution in [0.4, 0.5) is 17.5 Å². The highest BCUT2D eigenvalue weighted by Crippen LogP contribution is 2.25. The second kappa shape index (κ2) is 7.57. The van der Waals surface area contributed by atoms with Gasteiger partial charge in [-0.15, -0.1) is 0 Å². The smallest absolute Gasteiger partial charge is 0.230 e. The van der Waals surface area contributed by atoms with Gasteiger partial charge in [0.05, 0.1) is 11.9 Å². The Labute approximate surface area is 176 Å². The molecule has 2 N–H and O–H groups in total. The lowest BCUT2D eigenvalue weighted by molar-refractivity contribution is 0.484. The minimum Gasteiger partial charge on any atom is -0.367 e. The first-order valence-corrected chi connectivity index (χ1v) is 10.6. The number of nitrogens with zero attached hydrogens (tertiary/aromatic N) is 5. The highest BCUT2D eigenvalue weighted by molar-refractivity contribution is 5.80. The maximum absolute atomic E-state index is 4.82. The lowest BCUT2D eigenvalue weighted by Gasteiger charge is -2.33. The number of fused-ring (bicyclic) bond motifs is 3. The standard InChI is InChI=1S/C23H27N7/c1-15(2)20-8-6-18-5-4-17-12-26-23(28-22(17)30(18)20)27-21-9-7-19(13-25-21)29-11-10-24-16(3)14-29/h4-9,12-13,15-16,24H,10-11,14H2,1-3H3,(H,25,26,27,28)/t16-/m0/s1. The zero-order valence-electron chi connectivity index (χ0n) is 17.6. The normalized spacial score (nSPS) is 17.2. The summed E-state index contributed by atoms with van der Waals surface area (Å²) in [5, 5.41) is 7.75. The van der Waals surface area contributed by atoms with Gasteiger partial charge in [0.1, 0.15) is 11.5 Å². The Hall–Kier alpha value is -3.19. The van der Waals surface area contributed by atoms with Crippen LogP contribution in [0.3, 0.4) is 0 Å². The van der Waals surface area contributed by atoms with Crippen molar-refractivity contribution in [2.45, 2.75) is 32.7 Å². The second-order valence-corrected chi connectivity index (χ2v) is 8.31. The molecule has 0 aliphatic carbocycles. The van der Waals surface area contributed by atoms with Crippen molar-refractivity contribution in [1.29, 1.82) is 0 Å². The molecule has 7 nitrogen and oxygen atoms in total. The Morgan fingerprint density at radius 1 is 1.07 bits per heavy atom. The minimum absolute atomic E-state index is 0.409. The van der Waals surface area contributed by atoms with Gasteiger partial charge in [0.15, 0.2) is 0 Å². The van der Waals surface area contributed by atoms with Gasteiger partial charge in [0.25, 0.3) is 0 Å². The van der Waals surface area contributed by atoms with E-state index in [1.54, 1.807) is 0 Å². The number of anilines is 3. The molecule has 7 heteroatoms. The second-order valence-electron chi connectivity index (χ2n) is 8.31. The first-order valence-electron chi connectivity index (χ1n) is 10.6. The van der Waals surface area contributed by atoms with Crippen molar-refractivity contribution in [3.8, 4) is 0 Å². The number of piperazine rings is 1. The maximum atomic E-state index is 4.82. The zero-order chi connectivity index (χ0) is 20.7. The summed E-state index contributed by atoms with van der Waals surface area (Å²) in [7, 11) is 0. The van der Waals surface area contributed by atoms with Gasteiger partial charge in [-0.3, -0.25) is 4.40 Å². The molecule has 0 unspecified atom stereocenters. The van der Waals surface area contributed by atoms with Crippen LogP contribution in [0.15, 0.2) is 48.8 Å². The summed E-state index contributed by atoms with van der Waals surface area (Å²) < 4.78 is 2.22. The molecule has 30 heavy (non-hydrogen) atoms. The molecule has 1 fully saturated rings. The Balaban J connectivity index is 1.44. The summed E-state index contributed by atoms with van der Waals surface area (Å²) in [6.45, 7) is 9.60. The third-order valence-electron chi connectivity index (χ3n) is 5.70. The number of pyridine rings is 2. The Morgan fingerprint density at radius 2 is 1.93 bits per heavy atom. The van der Waals surface area contributed by atoms with Gasteiger partial charge in [-0.2, -0.15) is 4.98 Å². The van der Waals surface area contributed by atoms with Crippen LogP contribution < -0.4 is 15.5 Å². The highest BCUT2D eigenvalue weighted by atomic mass is 15.2. The van der Waals surface area contributed by atoms with Crippen LogP contribution in [0.2, 0.25) is 0 Å². The molecule has 5 heterocycles. The van der Waals surface area contributed by atoms with Crippen molar-refractivity contribution in [1.82, 2.24) is 24.7 Å². The van der Waals surface area contributed by atoms with Crippen LogP contribution in [0.25, 0.3) is 16.6 Å². The van der Waals surface area contributed by atoms with Crippen LogP contribution in [-0.4, -0.2) is 45.0 Å². The number of hydrogen-bond acceptors (Lipinski definition) is 6. The van der Waals surface area contributed by atoms with Gasteiger partial charge in [-0.05, 0) is 49.2 Å². The summed E-state index contributed by atoms with van der Waals surface area (Å²) in [4.78, 5) is 16.3. The summed E-state index contributed by atoms with van der Waals surface area (Å²) in [5.74, 6) is 1.70. The predicted molar refractivity (Wildman–Crippen MR) is 122 cm³/mol. The molecular formula is C23H27N7. The van der Waals surface area contributed by atoms with Crippen LogP contribution in [0.5, 0.6) is 0 Å². The molecule has 1 aliphatic rings. The van der Waals surface area contributed by atoms with Crippen molar-refractivity contribution in [3.63, 3.8) is 0 Å². The van der Waals surface area contributed by atoms with Crippen LogP contribution in [0, 0.1) is 0 Å². The van der Waals surface area contributed by atoms with Crippen LogP contribution in [0.1, 0.15) is 32.4 Å². The average Bonchev–Trinajstić information content (AvgIpc) is 3.19. The molecule has 0 spiro atoms. The van der Waals surface area contributed by atoms with E-state index in [2.05, 4.69) is 81.0 Å². The minimum atomic E-state index is 0.409. The van der Waals surface area contributed by atoms with E-state index < -0.39 is 0 Å². The van der Waals surface area contributed by atoms with Gasteiger partial charge >= 0.3 is 0 Å². The van der Waals surface area contributed by atoms with E-state index in [-0.39, 0.29) is 0 Å². The molecule has 0 aromatic carbocycles. The number of rotatable bonds is 4. The molecule has 1 saturated heterocycles. The molecule has 0 amide bonds. The Kier molecular flexibility index (Phi) is 4.75. The van der Waals surface area contributed by atoms with E-state index in [0.29, 0.717) is 17.9 Å². The lowest BCUT2D eigenvalue weighted by Crippen LogP contribution is -2.49. The molecule has 0 saturated carbocycles. The molecule has 0 bridgehead atoms. The molecule has 1 atom stereocenters. The fraction of sp³-hybridized carbons (Fsp3) is 0.348. The SMILES string of the molecule is CC(C)c1ccc2ccc3cnc(Nc4ccc(N5CCN[C@@H](C)C5)cn4)nc3n12. The van der Waals surface area contributed by atoms with E-state index in [1.807, 2.05) is 18.5 Å². The fourth-order valence-corrected chi connectivity index (χ4v) is 4.14. The van der Waals surface area contributed by atoms with Crippen molar-refractivity contribution < 1.29 is 0 Å². The third-order valence-corrected chi connectivity index (χ3v) is 5.70. The monoisotopic (exact) mass is 401 g/mol. The van der Waals surface area contributed by atoms with Crippen molar-refractivity contribution in [3.05, 3.63) is 54.5 Å². The molecule has 0 radical (unpaired) electrons. The van der Waals surface area contributed by atoms with Crippen LogP contribution >= 0.6 is 0 Å². The zero-order valence-corrected chi connectivity index (χ0v) is 17.6. The third kappa shape index (κ3) is 3.45. The van der Waals surface area contributed by atoms with Gasteiger partial charge in [0, 0.05) is 48.5 Å². The molecule has 5 rings (SSSR count). The fourth-order valence-electron chi connectivity index (χ4n) is 4.14. The molecular weight excluding hydrogens is 374 g/mol. The first kappa shape index (κ1) is 18.8. The summed E-state index contributed by atoms with van der Waals surface area (Å²) >= 11 is 0. The topological polar surface area (TPSA) is 70.4 Å². The molecule has 4 aromatic heterocycles. The van der Waals surface area contributed by atoms with Gasteiger partial charge in [-0.1, -0.05) is 13.8 Å². The maximum Gasteiger partial charge on any atom is 0.230 e. The van der Waals surface area contributed by atoms with Crippen LogP contribution in [-0.2, 0) is 0 Å². The Bertz CT molecular complexity index is 1180. The quantitative estimate of drug-likeness (QED) is 0.540. The molecule has 154 valence electrons. The number of nitrogens with one attached hydrogen (secondary N) is 2. The van der Waals surface area contributed by atoms with Gasteiger partial charge < -0.3 is 15.5 Å². The number of hydrogen-bond donors (Lipinski definition) is 2. The number of aromatic nitrogens is 4. The highest BCUT2D eigenvalue weighted by Gasteiger charge is 2.16. The van der Waals surface area contributed by atoms with E-state index in [1.165, 1.54) is 5.69 Å². The van der Waals surface area contributed by atoms with Crippen molar-refractivity contribution in [2.75, 3.05) is 29.9 Å². The summed E-state index contributed by atoms with van der Waals surface area (Å²) in [5.41, 5.74) is 4.44. The molecule has 1 aliphatic heterocycles. The largest absolute Gasteiger partial charge is 0.367 e.